The van der Waals surface area contributed by atoms with Crippen molar-refractivity contribution in [1.29, 1.82) is 0 Å². The molecule has 0 aliphatic carbocycles. The molecule has 0 radical (unpaired) electrons. The molecule has 5 nitrogen and oxygen atoms in total. The number of rotatable bonds is 10. The second-order valence-corrected chi connectivity index (χ2v) is 8.38. The molecule has 0 heterocycles. The predicted octanol–water partition coefficient (Wildman–Crippen LogP) is 6.64. The van der Waals surface area contributed by atoms with E-state index in [1.165, 1.54) is 12.1 Å². The second-order valence-electron chi connectivity index (χ2n) is 8.38. The number of halogens is 2. The highest BCUT2D eigenvalue weighted by Crippen LogP contribution is 2.32. The maximum Gasteiger partial charge on any atom is 0.338 e. The van der Waals surface area contributed by atoms with Gasteiger partial charge < -0.3 is 19.9 Å². The van der Waals surface area contributed by atoms with Crippen molar-refractivity contribution in [2.45, 2.75) is 19.5 Å². The van der Waals surface area contributed by atoms with Crippen molar-refractivity contribution in [3.05, 3.63) is 101 Å². The summed E-state index contributed by atoms with van der Waals surface area (Å²) in [6.07, 6.45) is 0. The summed E-state index contributed by atoms with van der Waals surface area (Å²) in [4.78, 5) is 11.5. The number of hydrogen-bond donors (Lipinski definition) is 2. The van der Waals surface area contributed by atoms with Gasteiger partial charge in [0.25, 0.3) is 0 Å². The molecule has 0 amide bonds. The van der Waals surface area contributed by atoms with Crippen LogP contribution < -0.4 is 10.1 Å². The summed E-state index contributed by atoms with van der Waals surface area (Å²) in [7, 11) is 1.64. The molecule has 0 unspecified atom stereocenters. The lowest BCUT2D eigenvalue weighted by molar-refractivity contribution is 0.0692. The molecule has 188 valence electrons. The van der Waals surface area contributed by atoms with Crippen LogP contribution in [0, 0.1) is 5.82 Å². The monoisotopic (exact) mass is 509 g/mol. The number of hydrogen-bond acceptors (Lipinski definition) is 4. The van der Waals surface area contributed by atoms with Gasteiger partial charge in [-0.2, -0.15) is 0 Å². The summed E-state index contributed by atoms with van der Waals surface area (Å²) < 4.78 is 24.8. The quantitative estimate of drug-likeness (QED) is 0.234. The first-order valence-corrected chi connectivity index (χ1v) is 11.5. The van der Waals surface area contributed by atoms with Crippen LogP contribution in [0.15, 0.2) is 78.9 Å². The van der Waals surface area contributed by atoms with Gasteiger partial charge in [-0.1, -0.05) is 42.5 Å². The fourth-order valence-electron chi connectivity index (χ4n) is 4.08. The number of carbonyl (C=O) groups is 1. The Morgan fingerprint density at radius 2 is 1.81 bits per heavy atom. The molecule has 0 spiro atoms. The topological polar surface area (TPSA) is 67.8 Å². The molecule has 4 rings (SSSR count). The number of nitrogens with one attached hydrogen (secondary N) is 1. The fourth-order valence-corrected chi connectivity index (χ4v) is 4.08. The molecule has 36 heavy (non-hydrogen) atoms. The Bertz CT molecular complexity index is 1340. The van der Waals surface area contributed by atoms with Crippen molar-refractivity contribution in [2.75, 3.05) is 20.3 Å². The molecule has 4 aromatic rings. The first kappa shape index (κ1) is 27.1. The van der Waals surface area contributed by atoms with Crippen LogP contribution in [0.25, 0.3) is 21.9 Å². The third-order valence-electron chi connectivity index (χ3n) is 5.96. The van der Waals surface area contributed by atoms with E-state index in [9.17, 15) is 14.3 Å². The largest absolute Gasteiger partial charge is 0.491 e. The molecule has 0 aliphatic rings. The lowest BCUT2D eigenvalue weighted by Gasteiger charge is -2.17. The first-order valence-electron chi connectivity index (χ1n) is 11.5. The van der Waals surface area contributed by atoms with Gasteiger partial charge in [0.1, 0.15) is 18.2 Å². The molecule has 0 bridgehead atoms. The Hall–Kier alpha value is -3.45. The Morgan fingerprint density at radius 3 is 2.58 bits per heavy atom. The molecule has 0 aromatic heterocycles. The average molecular weight is 510 g/mol. The van der Waals surface area contributed by atoms with Gasteiger partial charge in [0.15, 0.2) is 0 Å². The smallest absolute Gasteiger partial charge is 0.338 e. The molecule has 0 aliphatic heterocycles. The third-order valence-corrected chi connectivity index (χ3v) is 5.96. The van der Waals surface area contributed by atoms with E-state index >= 15 is 0 Å². The van der Waals surface area contributed by atoms with Gasteiger partial charge in [-0.05, 0) is 76.3 Å². The zero-order valence-electron chi connectivity index (χ0n) is 20.2. The zero-order chi connectivity index (χ0) is 24.8. The van der Waals surface area contributed by atoms with Crippen LogP contribution in [0.3, 0.4) is 0 Å². The Kier molecular flexibility index (Phi) is 9.42. The Balaban J connectivity index is 0.00000361. The van der Waals surface area contributed by atoms with Crippen molar-refractivity contribution < 1.29 is 23.8 Å². The van der Waals surface area contributed by atoms with Gasteiger partial charge in [0, 0.05) is 19.7 Å². The summed E-state index contributed by atoms with van der Waals surface area (Å²) in [5, 5.41) is 14.9. The van der Waals surface area contributed by atoms with Crippen LogP contribution >= 0.6 is 12.4 Å². The van der Waals surface area contributed by atoms with Gasteiger partial charge in [0.2, 0.25) is 0 Å². The molecular formula is C29H29ClFNO4. The summed E-state index contributed by atoms with van der Waals surface area (Å²) >= 11 is 0. The van der Waals surface area contributed by atoms with Crippen LogP contribution in [-0.4, -0.2) is 31.4 Å². The summed E-state index contributed by atoms with van der Waals surface area (Å²) in [6, 6.07) is 24.3. The van der Waals surface area contributed by atoms with Crippen molar-refractivity contribution in [2.24, 2.45) is 0 Å². The standard InChI is InChI=1S/C29H28FNO4.ClH/c1-19(21-7-5-8-24(16-21)35-13-12-34-2)31-18-20-14-22-6-3-4-9-25(22)26(15-20)23-10-11-28(30)27(17-23)29(32)33;/h3-11,14-17,19,31H,12-13,18H2,1-2H3,(H,32,33);1H/t19-;/m1./s1. The van der Waals surface area contributed by atoms with E-state index in [-0.39, 0.29) is 24.0 Å². The number of carboxylic acid groups (broad SMARTS) is 1. The van der Waals surface area contributed by atoms with Gasteiger partial charge in [0.05, 0.1) is 12.2 Å². The number of aromatic carboxylic acids is 1. The van der Waals surface area contributed by atoms with Crippen molar-refractivity contribution in [3.63, 3.8) is 0 Å². The number of benzene rings is 4. The average Bonchev–Trinajstić information content (AvgIpc) is 2.87. The van der Waals surface area contributed by atoms with Crippen LogP contribution in [0.2, 0.25) is 0 Å². The highest BCUT2D eigenvalue weighted by atomic mass is 35.5. The SMILES string of the molecule is COCCOc1cccc([C@@H](C)NCc2cc(-c3ccc(F)c(C(=O)O)c3)c3ccccc3c2)c1.Cl. The number of fused-ring (bicyclic) bond motifs is 1. The van der Waals surface area contributed by atoms with E-state index in [2.05, 4.69) is 24.4 Å². The summed E-state index contributed by atoms with van der Waals surface area (Å²) in [5.74, 6) is -1.23. The third kappa shape index (κ3) is 6.40. The maximum absolute atomic E-state index is 14.0. The van der Waals surface area contributed by atoms with Crippen LogP contribution in [-0.2, 0) is 11.3 Å². The van der Waals surface area contributed by atoms with Crippen molar-refractivity contribution >= 4 is 29.1 Å². The van der Waals surface area contributed by atoms with E-state index < -0.39 is 11.8 Å². The second kappa shape index (κ2) is 12.5. The molecule has 0 saturated carbocycles. The fraction of sp³-hybridized carbons (Fsp3) is 0.207. The van der Waals surface area contributed by atoms with E-state index in [1.54, 1.807) is 13.2 Å². The number of ether oxygens (including phenoxy) is 2. The highest BCUT2D eigenvalue weighted by Gasteiger charge is 2.14. The van der Waals surface area contributed by atoms with Crippen molar-refractivity contribution in [1.82, 2.24) is 5.32 Å². The minimum atomic E-state index is -1.28. The lowest BCUT2D eigenvalue weighted by atomic mass is 9.94. The molecule has 0 fully saturated rings. The Labute approximate surface area is 216 Å². The van der Waals surface area contributed by atoms with Crippen LogP contribution in [0.5, 0.6) is 5.75 Å². The highest BCUT2D eigenvalue weighted by molar-refractivity contribution is 5.99. The minimum absolute atomic E-state index is 0. The first-order chi connectivity index (χ1) is 17.0. The molecule has 4 aromatic carbocycles. The maximum atomic E-state index is 14.0. The van der Waals surface area contributed by atoms with E-state index in [0.29, 0.717) is 25.3 Å². The molecule has 2 N–H and O–H groups in total. The summed E-state index contributed by atoms with van der Waals surface area (Å²) in [5.41, 5.74) is 3.33. The van der Waals surface area contributed by atoms with Gasteiger partial charge >= 0.3 is 5.97 Å². The number of carboxylic acids is 1. The summed E-state index contributed by atoms with van der Waals surface area (Å²) in [6.45, 7) is 3.72. The normalized spacial score (nSPS) is 11.6. The van der Waals surface area contributed by atoms with E-state index in [4.69, 9.17) is 9.47 Å². The van der Waals surface area contributed by atoms with E-state index in [1.807, 2.05) is 48.5 Å². The predicted molar refractivity (Wildman–Crippen MR) is 143 cm³/mol. The van der Waals surface area contributed by atoms with Crippen LogP contribution in [0.4, 0.5) is 4.39 Å². The minimum Gasteiger partial charge on any atom is -0.491 e. The number of methoxy groups -OCH3 is 1. The van der Waals surface area contributed by atoms with E-state index in [0.717, 1.165) is 33.2 Å². The molecule has 7 heteroatoms. The van der Waals surface area contributed by atoms with Gasteiger partial charge in [-0.15, -0.1) is 12.4 Å². The lowest BCUT2D eigenvalue weighted by Crippen LogP contribution is -2.18. The van der Waals surface area contributed by atoms with Gasteiger partial charge in [-0.3, -0.25) is 0 Å². The van der Waals surface area contributed by atoms with Crippen molar-refractivity contribution in [3.8, 4) is 16.9 Å². The molecule has 1 atom stereocenters. The molecule has 0 saturated heterocycles. The molecular weight excluding hydrogens is 481 g/mol. The van der Waals surface area contributed by atoms with Crippen LogP contribution in [0.1, 0.15) is 34.5 Å². The van der Waals surface area contributed by atoms with Gasteiger partial charge in [-0.25, -0.2) is 9.18 Å². The Morgan fingerprint density at radius 1 is 1.00 bits per heavy atom. The zero-order valence-corrected chi connectivity index (χ0v) is 21.0.